The molecule has 0 radical (unpaired) electrons. The van der Waals surface area contributed by atoms with E-state index in [2.05, 4.69) is 49.9 Å². The van der Waals surface area contributed by atoms with Gasteiger partial charge < -0.3 is 14.4 Å². The predicted octanol–water partition coefficient (Wildman–Crippen LogP) is 3.32. The van der Waals surface area contributed by atoms with E-state index in [4.69, 9.17) is 9.47 Å². The van der Waals surface area contributed by atoms with Crippen LogP contribution < -0.4 is 9.64 Å². The molecule has 168 valence electrons. The lowest BCUT2D eigenvalue weighted by atomic mass is 10.1. The first-order valence-electron chi connectivity index (χ1n) is 11.6. The molecule has 2 aliphatic rings. The highest BCUT2D eigenvalue weighted by molar-refractivity contribution is 5.74. The van der Waals surface area contributed by atoms with Crippen LogP contribution in [0.4, 0.5) is 5.69 Å². The van der Waals surface area contributed by atoms with Crippen molar-refractivity contribution < 1.29 is 9.47 Å². The molecule has 32 heavy (non-hydrogen) atoms. The number of fused-ring (bicyclic) bond motifs is 1. The smallest absolute Gasteiger partial charge is 0.213 e. The summed E-state index contributed by atoms with van der Waals surface area (Å²) in [7, 11) is 0. The molecule has 2 fully saturated rings. The molecule has 0 spiro atoms. The molecule has 7 nitrogen and oxygen atoms in total. The maximum atomic E-state index is 5.83. The Bertz CT molecular complexity index is 1030. The Morgan fingerprint density at radius 1 is 0.969 bits per heavy atom. The maximum absolute atomic E-state index is 5.83. The number of rotatable bonds is 7. The Kier molecular flexibility index (Phi) is 6.46. The van der Waals surface area contributed by atoms with Crippen LogP contribution in [0.5, 0.6) is 5.88 Å². The van der Waals surface area contributed by atoms with Crippen LogP contribution in [0, 0.1) is 5.92 Å². The Morgan fingerprint density at radius 2 is 1.75 bits per heavy atom. The van der Waals surface area contributed by atoms with Crippen LogP contribution in [0.1, 0.15) is 24.5 Å². The second-order valence-corrected chi connectivity index (χ2v) is 8.74. The van der Waals surface area contributed by atoms with Gasteiger partial charge in [-0.1, -0.05) is 6.92 Å². The Labute approximate surface area is 189 Å². The third kappa shape index (κ3) is 5.00. The molecule has 5 rings (SSSR count). The van der Waals surface area contributed by atoms with E-state index in [0.717, 1.165) is 75.5 Å². The Morgan fingerprint density at radius 3 is 2.44 bits per heavy atom. The van der Waals surface area contributed by atoms with Crippen LogP contribution in [-0.2, 0) is 17.7 Å². The Balaban J connectivity index is 1.12. The summed E-state index contributed by atoms with van der Waals surface area (Å²) in [6.45, 7) is 9.38. The Hall–Kier alpha value is -2.77. The SMILES string of the molecule is CCc1cnc2cc(CN3CCN(c4ccc(OCC5CCOC5)nc4)CC3)cnc2c1. The van der Waals surface area contributed by atoms with Crippen molar-refractivity contribution in [3.8, 4) is 5.88 Å². The number of pyridine rings is 3. The largest absolute Gasteiger partial charge is 0.477 e. The van der Waals surface area contributed by atoms with Gasteiger partial charge in [-0.15, -0.1) is 0 Å². The minimum Gasteiger partial charge on any atom is -0.477 e. The minimum atomic E-state index is 0.493. The van der Waals surface area contributed by atoms with Crippen LogP contribution in [-0.4, -0.2) is 65.9 Å². The molecule has 0 amide bonds. The minimum absolute atomic E-state index is 0.493. The number of hydrogen-bond acceptors (Lipinski definition) is 7. The number of anilines is 1. The fourth-order valence-electron chi connectivity index (χ4n) is 4.35. The molecular weight excluding hydrogens is 402 g/mol. The number of aryl methyl sites for hydroxylation is 1. The molecule has 0 saturated carbocycles. The molecule has 2 aliphatic heterocycles. The second kappa shape index (κ2) is 9.79. The van der Waals surface area contributed by atoms with Gasteiger partial charge in [0.1, 0.15) is 0 Å². The summed E-state index contributed by atoms with van der Waals surface area (Å²) in [5.41, 5.74) is 5.57. The molecule has 7 heteroatoms. The topological polar surface area (TPSA) is 63.6 Å². The van der Waals surface area contributed by atoms with Gasteiger partial charge in [-0.3, -0.25) is 14.9 Å². The van der Waals surface area contributed by atoms with Crippen molar-refractivity contribution in [1.82, 2.24) is 19.9 Å². The van der Waals surface area contributed by atoms with E-state index in [1.165, 1.54) is 11.1 Å². The van der Waals surface area contributed by atoms with Crippen molar-refractivity contribution in [2.75, 3.05) is 50.9 Å². The molecule has 2 saturated heterocycles. The second-order valence-electron chi connectivity index (χ2n) is 8.74. The van der Waals surface area contributed by atoms with Gasteiger partial charge >= 0.3 is 0 Å². The van der Waals surface area contributed by atoms with Crippen molar-refractivity contribution in [1.29, 1.82) is 0 Å². The van der Waals surface area contributed by atoms with Crippen molar-refractivity contribution in [2.45, 2.75) is 26.3 Å². The summed E-state index contributed by atoms with van der Waals surface area (Å²) in [6, 6.07) is 8.41. The molecule has 0 bridgehead atoms. The molecule has 3 aromatic rings. The summed E-state index contributed by atoms with van der Waals surface area (Å²) < 4.78 is 11.2. The zero-order chi connectivity index (χ0) is 21.8. The molecule has 1 atom stereocenters. The van der Waals surface area contributed by atoms with Crippen molar-refractivity contribution in [3.63, 3.8) is 0 Å². The van der Waals surface area contributed by atoms with Gasteiger partial charge in [0.25, 0.3) is 0 Å². The van der Waals surface area contributed by atoms with E-state index in [-0.39, 0.29) is 0 Å². The molecule has 5 heterocycles. The van der Waals surface area contributed by atoms with Crippen molar-refractivity contribution >= 4 is 16.7 Å². The number of hydrogen-bond donors (Lipinski definition) is 0. The lowest BCUT2D eigenvalue weighted by Gasteiger charge is -2.36. The van der Waals surface area contributed by atoms with E-state index in [9.17, 15) is 0 Å². The summed E-state index contributed by atoms with van der Waals surface area (Å²) in [4.78, 5) is 18.6. The van der Waals surface area contributed by atoms with Gasteiger partial charge in [-0.05, 0) is 42.2 Å². The van der Waals surface area contributed by atoms with Gasteiger partial charge in [-0.25, -0.2) is 4.98 Å². The van der Waals surface area contributed by atoms with Crippen molar-refractivity contribution in [3.05, 3.63) is 54.0 Å². The van der Waals surface area contributed by atoms with Crippen LogP contribution in [0.15, 0.2) is 42.9 Å². The molecule has 0 N–H and O–H groups in total. The third-order valence-corrected chi connectivity index (χ3v) is 6.41. The monoisotopic (exact) mass is 433 g/mol. The number of ether oxygens (including phenoxy) is 2. The highest BCUT2D eigenvalue weighted by Gasteiger charge is 2.19. The van der Waals surface area contributed by atoms with Gasteiger partial charge in [0.15, 0.2) is 0 Å². The first-order chi connectivity index (χ1) is 15.8. The fraction of sp³-hybridized carbons (Fsp3) is 0.480. The van der Waals surface area contributed by atoms with E-state index < -0.39 is 0 Å². The highest BCUT2D eigenvalue weighted by atomic mass is 16.5. The number of piperazine rings is 1. The van der Waals surface area contributed by atoms with E-state index in [1.54, 1.807) is 0 Å². The first kappa shape index (κ1) is 21.1. The zero-order valence-electron chi connectivity index (χ0n) is 18.7. The zero-order valence-corrected chi connectivity index (χ0v) is 18.7. The summed E-state index contributed by atoms with van der Waals surface area (Å²) >= 11 is 0. The average molecular weight is 434 g/mol. The van der Waals surface area contributed by atoms with Crippen LogP contribution in [0.3, 0.4) is 0 Å². The molecule has 1 unspecified atom stereocenters. The number of aromatic nitrogens is 3. The molecule has 0 aliphatic carbocycles. The predicted molar refractivity (Wildman–Crippen MR) is 125 cm³/mol. The molecular formula is C25H31N5O2. The van der Waals surface area contributed by atoms with Crippen molar-refractivity contribution in [2.24, 2.45) is 5.92 Å². The average Bonchev–Trinajstić information content (AvgIpc) is 3.37. The third-order valence-electron chi connectivity index (χ3n) is 6.41. The summed E-state index contributed by atoms with van der Waals surface area (Å²) in [5.74, 6) is 1.19. The first-order valence-corrected chi connectivity index (χ1v) is 11.6. The van der Waals surface area contributed by atoms with Crippen LogP contribution in [0.2, 0.25) is 0 Å². The molecule has 3 aromatic heterocycles. The van der Waals surface area contributed by atoms with Gasteiger partial charge in [-0.2, -0.15) is 0 Å². The van der Waals surface area contributed by atoms with E-state index in [1.807, 2.05) is 24.7 Å². The number of nitrogens with zero attached hydrogens (tertiary/aromatic N) is 5. The lowest BCUT2D eigenvalue weighted by molar-refractivity contribution is 0.165. The summed E-state index contributed by atoms with van der Waals surface area (Å²) in [6.07, 6.45) is 7.95. The standard InChI is InChI=1S/C25H31N5O2/c1-2-19-11-23-24(26-13-19)12-21(14-27-23)16-29-6-8-30(9-7-29)22-3-4-25(28-15-22)32-18-20-5-10-31-17-20/h3-4,11-15,20H,2,5-10,16-18H2,1H3. The van der Waals surface area contributed by atoms with Gasteiger partial charge in [0.2, 0.25) is 5.88 Å². The van der Waals surface area contributed by atoms with Gasteiger partial charge in [0, 0.05) is 63.7 Å². The fourth-order valence-corrected chi connectivity index (χ4v) is 4.35. The van der Waals surface area contributed by atoms with E-state index >= 15 is 0 Å². The molecule has 0 aromatic carbocycles. The normalized spacial score (nSPS) is 19.5. The van der Waals surface area contributed by atoms with Crippen LogP contribution in [0.25, 0.3) is 11.0 Å². The highest BCUT2D eigenvalue weighted by Crippen LogP contribution is 2.21. The lowest BCUT2D eigenvalue weighted by Crippen LogP contribution is -2.46. The maximum Gasteiger partial charge on any atom is 0.213 e. The van der Waals surface area contributed by atoms with Crippen LogP contribution >= 0.6 is 0 Å². The summed E-state index contributed by atoms with van der Waals surface area (Å²) in [5, 5.41) is 0. The quantitative estimate of drug-likeness (QED) is 0.566. The van der Waals surface area contributed by atoms with Gasteiger partial charge in [0.05, 0.1) is 36.1 Å². The van der Waals surface area contributed by atoms with E-state index in [0.29, 0.717) is 18.4 Å².